The quantitative estimate of drug-likeness (QED) is 0.785. The van der Waals surface area contributed by atoms with Gasteiger partial charge in [-0.15, -0.1) is 0 Å². The summed E-state index contributed by atoms with van der Waals surface area (Å²) in [5.41, 5.74) is 1.28. The van der Waals surface area contributed by atoms with E-state index in [1.165, 1.54) is 5.56 Å². The van der Waals surface area contributed by atoms with Crippen LogP contribution in [0.2, 0.25) is 5.02 Å². The summed E-state index contributed by atoms with van der Waals surface area (Å²) in [7, 11) is 0. The van der Waals surface area contributed by atoms with Crippen LogP contribution in [-0.2, 0) is 0 Å². The summed E-state index contributed by atoms with van der Waals surface area (Å²) < 4.78 is 0. The van der Waals surface area contributed by atoms with Crippen LogP contribution in [-0.4, -0.2) is 11.5 Å². The molecular weight excluding hydrogens is 256 g/mol. The highest BCUT2D eigenvalue weighted by atomic mass is 35.5. The number of anilines is 1. The van der Waals surface area contributed by atoms with Crippen molar-refractivity contribution < 1.29 is 0 Å². The first-order valence-corrected chi connectivity index (χ1v) is 7.07. The SMILES string of the molecule is CCC(c1ccc(Cl)cc1)N(CC)c1ccccn1. The molecule has 0 amide bonds. The lowest BCUT2D eigenvalue weighted by atomic mass is 10.0. The maximum absolute atomic E-state index is 5.96. The van der Waals surface area contributed by atoms with E-state index in [-0.39, 0.29) is 0 Å². The van der Waals surface area contributed by atoms with E-state index < -0.39 is 0 Å². The monoisotopic (exact) mass is 274 g/mol. The van der Waals surface area contributed by atoms with E-state index >= 15 is 0 Å². The number of aromatic nitrogens is 1. The van der Waals surface area contributed by atoms with Gasteiger partial charge in [0.1, 0.15) is 5.82 Å². The molecule has 0 aliphatic heterocycles. The van der Waals surface area contributed by atoms with Crippen LogP contribution in [0, 0.1) is 0 Å². The summed E-state index contributed by atoms with van der Waals surface area (Å²) in [6.45, 7) is 5.29. The molecule has 0 aliphatic carbocycles. The highest BCUT2D eigenvalue weighted by molar-refractivity contribution is 6.30. The van der Waals surface area contributed by atoms with Crippen molar-refractivity contribution >= 4 is 17.4 Å². The van der Waals surface area contributed by atoms with Crippen LogP contribution >= 0.6 is 11.6 Å². The van der Waals surface area contributed by atoms with Gasteiger partial charge in [0.15, 0.2) is 0 Å². The first kappa shape index (κ1) is 13.9. The summed E-state index contributed by atoms with van der Waals surface area (Å²) in [4.78, 5) is 6.78. The maximum atomic E-state index is 5.96. The molecule has 3 heteroatoms. The lowest BCUT2D eigenvalue weighted by Gasteiger charge is -2.31. The van der Waals surface area contributed by atoms with Crippen molar-refractivity contribution in [1.82, 2.24) is 4.98 Å². The van der Waals surface area contributed by atoms with Crippen molar-refractivity contribution in [2.24, 2.45) is 0 Å². The molecule has 19 heavy (non-hydrogen) atoms. The van der Waals surface area contributed by atoms with Crippen LogP contribution in [0.1, 0.15) is 31.9 Å². The Balaban J connectivity index is 2.31. The van der Waals surface area contributed by atoms with Gasteiger partial charge in [-0.05, 0) is 43.2 Å². The Morgan fingerprint density at radius 1 is 1.11 bits per heavy atom. The summed E-state index contributed by atoms with van der Waals surface area (Å²) in [6.07, 6.45) is 2.87. The number of hydrogen-bond donors (Lipinski definition) is 0. The summed E-state index contributed by atoms with van der Waals surface area (Å²) >= 11 is 5.96. The second-order valence-electron chi connectivity index (χ2n) is 4.45. The molecule has 1 atom stereocenters. The molecule has 1 unspecified atom stereocenters. The molecule has 1 aromatic heterocycles. The van der Waals surface area contributed by atoms with Crippen LogP contribution in [0.15, 0.2) is 48.7 Å². The van der Waals surface area contributed by atoms with E-state index in [1.54, 1.807) is 0 Å². The Bertz CT molecular complexity index is 496. The van der Waals surface area contributed by atoms with E-state index in [0.717, 1.165) is 23.8 Å². The molecule has 0 bridgehead atoms. The summed E-state index contributed by atoms with van der Waals surface area (Å²) in [5, 5.41) is 0.777. The second-order valence-corrected chi connectivity index (χ2v) is 4.89. The number of hydrogen-bond acceptors (Lipinski definition) is 2. The van der Waals surface area contributed by atoms with Gasteiger partial charge in [-0.1, -0.05) is 36.7 Å². The normalized spacial score (nSPS) is 12.2. The minimum absolute atomic E-state index is 0.331. The molecule has 0 aliphatic rings. The van der Waals surface area contributed by atoms with Crippen molar-refractivity contribution in [3.8, 4) is 0 Å². The number of pyridine rings is 1. The zero-order chi connectivity index (χ0) is 13.7. The lowest BCUT2D eigenvalue weighted by Crippen LogP contribution is -2.28. The highest BCUT2D eigenvalue weighted by Gasteiger charge is 2.18. The van der Waals surface area contributed by atoms with Gasteiger partial charge in [0.25, 0.3) is 0 Å². The molecule has 100 valence electrons. The molecule has 0 spiro atoms. The number of rotatable bonds is 5. The Morgan fingerprint density at radius 3 is 2.37 bits per heavy atom. The van der Waals surface area contributed by atoms with Crippen molar-refractivity contribution in [1.29, 1.82) is 0 Å². The number of benzene rings is 1. The third kappa shape index (κ3) is 3.27. The Hall–Kier alpha value is -1.54. The fourth-order valence-electron chi connectivity index (χ4n) is 2.39. The second kappa shape index (κ2) is 6.58. The fourth-order valence-corrected chi connectivity index (χ4v) is 2.51. The van der Waals surface area contributed by atoms with Crippen LogP contribution in [0.25, 0.3) is 0 Å². The van der Waals surface area contributed by atoms with Crippen molar-refractivity contribution in [3.05, 3.63) is 59.2 Å². The molecule has 2 aromatic rings. The third-order valence-corrected chi connectivity index (χ3v) is 3.55. The molecule has 1 heterocycles. The lowest BCUT2D eigenvalue weighted by molar-refractivity contribution is 0.608. The predicted octanol–water partition coefficient (Wildman–Crippen LogP) is 4.71. The minimum Gasteiger partial charge on any atom is -0.350 e. The largest absolute Gasteiger partial charge is 0.350 e. The van der Waals surface area contributed by atoms with Gasteiger partial charge in [-0.2, -0.15) is 0 Å². The third-order valence-electron chi connectivity index (χ3n) is 3.30. The minimum atomic E-state index is 0.331. The topological polar surface area (TPSA) is 16.1 Å². The standard InChI is InChI=1S/C16H19ClN2/c1-3-15(13-8-10-14(17)11-9-13)19(4-2)16-7-5-6-12-18-16/h5-12,15H,3-4H2,1-2H3. The summed E-state index contributed by atoms with van der Waals surface area (Å²) in [6, 6.07) is 14.5. The zero-order valence-electron chi connectivity index (χ0n) is 11.4. The maximum Gasteiger partial charge on any atom is 0.128 e. The van der Waals surface area contributed by atoms with Crippen molar-refractivity contribution in [3.63, 3.8) is 0 Å². The van der Waals surface area contributed by atoms with Gasteiger partial charge >= 0.3 is 0 Å². The molecule has 0 fully saturated rings. The van der Waals surface area contributed by atoms with Crippen LogP contribution in [0.4, 0.5) is 5.82 Å². The average molecular weight is 275 g/mol. The van der Waals surface area contributed by atoms with Crippen molar-refractivity contribution in [2.75, 3.05) is 11.4 Å². The molecule has 2 nitrogen and oxygen atoms in total. The zero-order valence-corrected chi connectivity index (χ0v) is 12.1. The molecule has 0 saturated carbocycles. The molecule has 2 rings (SSSR count). The van der Waals surface area contributed by atoms with E-state index in [4.69, 9.17) is 11.6 Å². The van der Waals surface area contributed by atoms with E-state index in [1.807, 2.05) is 30.5 Å². The number of halogens is 1. The smallest absolute Gasteiger partial charge is 0.128 e. The first-order chi connectivity index (χ1) is 9.26. The van der Waals surface area contributed by atoms with Gasteiger partial charge in [0.05, 0.1) is 6.04 Å². The molecule has 0 N–H and O–H groups in total. The van der Waals surface area contributed by atoms with Gasteiger partial charge in [-0.3, -0.25) is 0 Å². The first-order valence-electron chi connectivity index (χ1n) is 6.69. The van der Waals surface area contributed by atoms with E-state index in [0.29, 0.717) is 6.04 Å². The van der Waals surface area contributed by atoms with Crippen LogP contribution < -0.4 is 4.90 Å². The highest BCUT2D eigenvalue weighted by Crippen LogP contribution is 2.28. The molecular formula is C16H19ClN2. The van der Waals surface area contributed by atoms with Crippen LogP contribution in [0.3, 0.4) is 0 Å². The fraction of sp³-hybridized carbons (Fsp3) is 0.312. The average Bonchev–Trinajstić information content (AvgIpc) is 2.47. The number of nitrogens with zero attached hydrogens (tertiary/aromatic N) is 2. The van der Waals surface area contributed by atoms with E-state index in [9.17, 15) is 0 Å². The van der Waals surface area contributed by atoms with Gasteiger partial charge in [-0.25, -0.2) is 4.98 Å². The van der Waals surface area contributed by atoms with E-state index in [2.05, 4.69) is 41.9 Å². The van der Waals surface area contributed by atoms with Crippen molar-refractivity contribution in [2.45, 2.75) is 26.3 Å². The predicted molar refractivity (Wildman–Crippen MR) is 81.7 cm³/mol. The van der Waals surface area contributed by atoms with Gasteiger partial charge in [0.2, 0.25) is 0 Å². The molecule has 0 saturated heterocycles. The Kier molecular flexibility index (Phi) is 4.80. The van der Waals surface area contributed by atoms with Crippen LogP contribution in [0.5, 0.6) is 0 Å². The molecule has 1 aromatic carbocycles. The van der Waals surface area contributed by atoms with Gasteiger partial charge in [0, 0.05) is 17.8 Å². The molecule has 0 radical (unpaired) electrons. The summed E-state index contributed by atoms with van der Waals surface area (Å²) in [5.74, 6) is 1.02. The van der Waals surface area contributed by atoms with Gasteiger partial charge < -0.3 is 4.90 Å². The Morgan fingerprint density at radius 2 is 1.84 bits per heavy atom. The Labute approximate surface area is 120 Å².